The second-order valence-electron chi connectivity index (χ2n) is 1.79. The Morgan fingerprint density at radius 2 is 1.72 bits per heavy atom. The summed E-state index contributed by atoms with van der Waals surface area (Å²) >= 11 is 3.14. The van der Waals surface area contributed by atoms with Gasteiger partial charge in [0.15, 0.2) is 0 Å². The van der Waals surface area contributed by atoms with E-state index in [4.69, 9.17) is 24.9 Å². The Morgan fingerprint density at radius 3 is 1.94 bits per heavy atom. The quantitative estimate of drug-likeness (QED) is 0.824. The topological polar surface area (TPSA) is 72.2 Å². The lowest BCUT2D eigenvalue weighted by Crippen LogP contribution is -2.18. The number of amides is 1. The molecular weight excluding hydrogens is 288 g/mol. The molecule has 18 heavy (non-hydrogen) atoms. The molecule has 1 amide bonds. The smallest absolute Gasteiger partial charge is 0.278 e. The Kier molecular flexibility index (Phi) is 7.80. The zero-order valence-corrected chi connectivity index (χ0v) is 12.6. The largest absolute Gasteiger partial charge is 0.347 e. The maximum absolute atomic E-state index is 10.9. The number of hydrogen-bond donors (Lipinski definition) is 2. The maximum atomic E-state index is 10.9. The van der Waals surface area contributed by atoms with Crippen LogP contribution in [0.2, 0.25) is 0 Å². The van der Waals surface area contributed by atoms with Gasteiger partial charge in [0.05, 0.1) is 0 Å². The predicted molar refractivity (Wildman–Crippen MR) is 89.0 cm³/mol. The molecule has 0 aliphatic heterocycles. The third-order valence-corrected chi connectivity index (χ3v) is 2.96. The van der Waals surface area contributed by atoms with Crippen molar-refractivity contribution in [3.63, 3.8) is 0 Å². The van der Waals surface area contributed by atoms with E-state index in [-0.39, 0.29) is 4.45 Å². The zero-order valence-electron chi connectivity index (χ0n) is 24.1. The molecular formula is C11H26N2O2S3. The van der Waals surface area contributed by atoms with Crippen molar-refractivity contribution >= 4 is 45.0 Å². The first-order chi connectivity index (χ1) is 13.8. The lowest BCUT2D eigenvalue weighted by molar-refractivity contribution is 0.261. The summed E-state index contributed by atoms with van der Waals surface area (Å²) in [6, 6.07) is 0. The molecule has 0 saturated heterocycles. The van der Waals surface area contributed by atoms with Crippen molar-refractivity contribution in [3.8, 4) is 0 Å². The normalized spacial score (nSPS) is 24.4. The number of carbonyl (C=O) groups excluding carboxylic acids is 2. The van der Waals surface area contributed by atoms with Crippen LogP contribution in [0, 0.1) is 0 Å². The van der Waals surface area contributed by atoms with Gasteiger partial charge in [0, 0.05) is 25.7 Å². The molecule has 0 radical (unpaired) electrons. The molecule has 3 N–H and O–H groups in total. The van der Waals surface area contributed by atoms with E-state index in [1.54, 1.807) is 17.8 Å². The Labute approximate surface area is 144 Å². The van der Waals surface area contributed by atoms with Crippen LogP contribution in [-0.2, 0) is 0 Å². The minimum absolute atomic E-state index is 0.176. The predicted octanol–water partition coefficient (Wildman–Crippen LogP) is 3.66. The minimum atomic E-state index is -3.15. The van der Waals surface area contributed by atoms with Gasteiger partial charge in [-0.15, -0.1) is 0 Å². The molecule has 0 aromatic heterocycles. The monoisotopic (exact) mass is 328 g/mol. The fraction of sp³-hybridized carbons (Fsp3) is 0.818. The van der Waals surface area contributed by atoms with Crippen LogP contribution in [-0.4, -0.2) is 41.4 Å². The summed E-state index contributed by atoms with van der Waals surface area (Å²) in [5, 5.41) is 0.849. The first-order valence-corrected chi connectivity index (χ1v) is 7.71. The number of thioether (sulfide) groups is 3. The summed E-state index contributed by atoms with van der Waals surface area (Å²) in [5.74, 6) is 0. The second kappa shape index (κ2) is 22.3. The average Bonchev–Trinajstić information content (AvgIpc) is 2.58. The first kappa shape index (κ1) is 6.28. The van der Waals surface area contributed by atoms with E-state index in [1.807, 2.05) is 0 Å². The van der Waals surface area contributed by atoms with Gasteiger partial charge in [-0.05, 0) is 38.0 Å². The summed E-state index contributed by atoms with van der Waals surface area (Å²) < 4.78 is 96.4. The van der Waals surface area contributed by atoms with Crippen LogP contribution in [0.5, 0.6) is 0 Å². The van der Waals surface area contributed by atoms with E-state index in [1.165, 1.54) is 29.8 Å². The number of nitrogens with two attached hydrogens (primary N) is 1. The van der Waals surface area contributed by atoms with Crippen molar-refractivity contribution in [1.29, 1.82) is 0 Å². The summed E-state index contributed by atoms with van der Waals surface area (Å²) in [6.45, 7) is -12.0. The molecule has 0 aliphatic carbocycles. The van der Waals surface area contributed by atoms with Crippen LogP contribution < -0.4 is 11.1 Å². The van der Waals surface area contributed by atoms with Gasteiger partial charge in [-0.3, -0.25) is 9.59 Å². The fourth-order valence-electron chi connectivity index (χ4n) is 0.217. The van der Waals surface area contributed by atoms with Crippen LogP contribution in [0.15, 0.2) is 0 Å². The summed E-state index contributed by atoms with van der Waals surface area (Å²) in [5.41, 5.74) is 4.70. The molecule has 0 spiro atoms. The fourth-order valence-corrected chi connectivity index (χ4v) is 1.04. The van der Waals surface area contributed by atoms with Gasteiger partial charge in [-0.1, -0.05) is 49.0 Å². The van der Waals surface area contributed by atoms with Crippen LogP contribution in [0.25, 0.3) is 0 Å². The van der Waals surface area contributed by atoms with E-state index in [0.717, 1.165) is 0 Å². The number of rotatable bonds is 3. The molecule has 0 atom stereocenters. The van der Waals surface area contributed by atoms with Gasteiger partial charge in [0.1, 0.15) is 0 Å². The van der Waals surface area contributed by atoms with Gasteiger partial charge < -0.3 is 11.1 Å². The standard InChI is InChI=1S/C5H11NOS.C3H9N.C3H6OS2/c1-3-4-6-5(7)8-2;1-2-3-4;1-5-3(4)6-2/h3-4H2,1-2H3,(H,6,7);2-4H2,1H3;1-2H3/i1D3,3D2,4D2;1D3,2D2,3D2;. The molecule has 0 aromatic rings. The molecule has 0 unspecified atom stereocenters. The molecule has 0 aliphatic rings. The minimum Gasteiger partial charge on any atom is -0.347 e. The number of hydrogen-bond acceptors (Lipinski definition) is 6. The summed E-state index contributed by atoms with van der Waals surface area (Å²) in [4.78, 5) is 21.0. The van der Waals surface area contributed by atoms with Crippen molar-refractivity contribution in [2.24, 2.45) is 5.73 Å². The van der Waals surface area contributed by atoms with Gasteiger partial charge in [0.2, 0.25) is 4.45 Å². The number of carbonyl (C=O) groups is 2. The highest BCUT2D eigenvalue weighted by Crippen LogP contribution is 2.07. The molecule has 7 heteroatoms. The van der Waals surface area contributed by atoms with Crippen LogP contribution in [0.1, 0.15) is 45.6 Å². The van der Waals surface area contributed by atoms with E-state index in [0.29, 0.717) is 11.8 Å². The average molecular weight is 329 g/mol. The highest BCUT2D eigenvalue weighted by atomic mass is 32.2. The van der Waals surface area contributed by atoms with Crippen LogP contribution in [0.3, 0.4) is 0 Å². The highest BCUT2D eigenvalue weighted by molar-refractivity contribution is 8.38. The Balaban J connectivity index is -0.000000433. The van der Waals surface area contributed by atoms with E-state index < -0.39 is 44.7 Å². The Morgan fingerprint density at radius 1 is 1.17 bits per heavy atom. The first-order valence-electron chi connectivity index (χ1n) is 11.0. The van der Waals surface area contributed by atoms with Crippen molar-refractivity contribution in [3.05, 3.63) is 0 Å². The van der Waals surface area contributed by atoms with E-state index in [9.17, 15) is 9.59 Å². The molecule has 0 heterocycles. The lowest BCUT2D eigenvalue weighted by atomic mass is 10.5. The molecule has 0 bridgehead atoms. The van der Waals surface area contributed by atoms with Crippen molar-refractivity contribution in [2.45, 2.75) is 26.4 Å². The molecule has 4 nitrogen and oxygen atoms in total. The highest BCUT2D eigenvalue weighted by Gasteiger charge is 1.91. The Bertz CT molecular complexity index is 582. The molecule has 0 fully saturated rings. The third kappa shape index (κ3) is 29.8. The summed E-state index contributed by atoms with van der Waals surface area (Å²) in [7, 11) is 0. The summed E-state index contributed by atoms with van der Waals surface area (Å²) in [6.07, 6.45) is -1.24. The zero-order chi connectivity index (χ0) is 27.0. The van der Waals surface area contributed by atoms with Crippen LogP contribution in [0.4, 0.5) is 9.59 Å². The lowest BCUT2D eigenvalue weighted by Gasteiger charge is -1.96. The molecule has 0 saturated carbocycles. The van der Waals surface area contributed by atoms with Gasteiger partial charge in [-0.25, -0.2) is 0 Å². The van der Waals surface area contributed by atoms with Gasteiger partial charge in [-0.2, -0.15) is 0 Å². The van der Waals surface area contributed by atoms with E-state index >= 15 is 0 Å². The molecule has 0 aromatic carbocycles. The Hall–Kier alpha value is 0.150. The van der Waals surface area contributed by atoms with E-state index in [2.05, 4.69) is 0 Å². The second-order valence-corrected chi connectivity index (χ2v) is 4.39. The van der Waals surface area contributed by atoms with Crippen LogP contribution >= 0.6 is 35.3 Å². The SMILES string of the molecule is CSC(=O)SC.[2H]C([2H])([2H])C([2H])([2H])C([2H])([2H])N.[2H]C([2H])([2H])C([2H])([2H])C([2H])([2H])NC(=O)SC. The van der Waals surface area contributed by atoms with Crippen molar-refractivity contribution in [2.75, 3.05) is 31.8 Å². The van der Waals surface area contributed by atoms with Gasteiger partial charge >= 0.3 is 0 Å². The maximum Gasteiger partial charge on any atom is 0.278 e. The number of nitrogens with one attached hydrogen (secondary N) is 1. The van der Waals surface area contributed by atoms with Gasteiger partial charge in [0.25, 0.3) is 5.24 Å². The van der Waals surface area contributed by atoms with Crippen molar-refractivity contribution < 1.29 is 28.8 Å². The third-order valence-electron chi connectivity index (χ3n) is 0.818. The molecule has 0 rings (SSSR count). The van der Waals surface area contributed by atoms with Crippen molar-refractivity contribution in [1.82, 2.24) is 5.32 Å². The molecule has 110 valence electrons.